The topological polar surface area (TPSA) is 35.0 Å². The summed E-state index contributed by atoms with van der Waals surface area (Å²) in [7, 11) is 1.68. The Bertz CT molecular complexity index is 555. The fourth-order valence-electron chi connectivity index (χ4n) is 1.76. The molecular weight excluding hydrogens is 280 g/mol. The lowest BCUT2D eigenvalue weighted by molar-refractivity contribution is 0.413. The first-order valence-electron chi connectivity index (χ1n) is 5.25. The predicted octanol–water partition coefficient (Wildman–Crippen LogP) is 3.53. The SMILES string of the molecule is COc1c(-c2cncnc2Br)ccc(C)c1C. The standard InChI is InChI=1S/C13H13BrN2O/c1-8-4-5-10(12(17-3)9(8)2)11-6-15-7-16-13(11)14/h4-7H,1-3H3. The summed E-state index contributed by atoms with van der Waals surface area (Å²) in [4.78, 5) is 8.19. The Morgan fingerprint density at radius 1 is 1.18 bits per heavy atom. The first-order valence-corrected chi connectivity index (χ1v) is 6.04. The van der Waals surface area contributed by atoms with Crippen LogP contribution in [-0.4, -0.2) is 17.1 Å². The second-order valence-electron chi connectivity index (χ2n) is 3.82. The van der Waals surface area contributed by atoms with E-state index in [-0.39, 0.29) is 0 Å². The van der Waals surface area contributed by atoms with E-state index in [2.05, 4.69) is 45.8 Å². The molecule has 0 atom stereocenters. The van der Waals surface area contributed by atoms with Gasteiger partial charge < -0.3 is 4.74 Å². The van der Waals surface area contributed by atoms with Gasteiger partial charge in [-0.3, -0.25) is 0 Å². The number of benzene rings is 1. The fourth-order valence-corrected chi connectivity index (χ4v) is 2.17. The molecule has 1 heterocycles. The second kappa shape index (κ2) is 4.84. The fraction of sp³-hybridized carbons (Fsp3) is 0.231. The Balaban J connectivity index is 2.68. The van der Waals surface area contributed by atoms with Crippen molar-refractivity contribution >= 4 is 15.9 Å². The molecule has 0 saturated carbocycles. The van der Waals surface area contributed by atoms with Crippen molar-refractivity contribution in [2.45, 2.75) is 13.8 Å². The van der Waals surface area contributed by atoms with Gasteiger partial charge in [-0.05, 0) is 40.9 Å². The number of aryl methyl sites for hydroxylation is 1. The van der Waals surface area contributed by atoms with Gasteiger partial charge in [0.05, 0.1) is 7.11 Å². The lowest BCUT2D eigenvalue weighted by Crippen LogP contribution is -1.95. The van der Waals surface area contributed by atoms with Crippen LogP contribution in [0.1, 0.15) is 11.1 Å². The molecule has 0 N–H and O–H groups in total. The molecule has 0 amide bonds. The number of ether oxygens (including phenoxy) is 1. The van der Waals surface area contributed by atoms with Crippen LogP contribution in [-0.2, 0) is 0 Å². The average molecular weight is 293 g/mol. The molecule has 17 heavy (non-hydrogen) atoms. The average Bonchev–Trinajstić information content (AvgIpc) is 2.33. The summed E-state index contributed by atoms with van der Waals surface area (Å²) in [6.45, 7) is 4.12. The third-order valence-corrected chi connectivity index (χ3v) is 3.47. The van der Waals surface area contributed by atoms with Crippen molar-refractivity contribution in [2.24, 2.45) is 0 Å². The highest BCUT2D eigenvalue weighted by Gasteiger charge is 2.13. The minimum atomic E-state index is 0.772. The molecule has 0 aliphatic rings. The van der Waals surface area contributed by atoms with Gasteiger partial charge in [-0.1, -0.05) is 12.1 Å². The normalized spacial score (nSPS) is 10.4. The third-order valence-electron chi connectivity index (χ3n) is 2.83. The lowest BCUT2D eigenvalue weighted by Gasteiger charge is -2.13. The van der Waals surface area contributed by atoms with Gasteiger partial charge in [-0.2, -0.15) is 0 Å². The summed E-state index contributed by atoms with van der Waals surface area (Å²) < 4.78 is 6.26. The summed E-state index contributed by atoms with van der Waals surface area (Å²) in [5.74, 6) is 0.875. The maximum absolute atomic E-state index is 5.49. The molecule has 4 heteroatoms. The van der Waals surface area contributed by atoms with E-state index in [1.54, 1.807) is 13.3 Å². The zero-order chi connectivity index (χ0) is 12.4. The van der Waals surface area contributed by atoms with Gasteiger partial charge in [0.25, 0.3) is 0 Å². The molecule has 1 aromatic carbocycles. The van der Waals surface area contributed by atoms with E-state index < -0.39 is 0 Å². The Kier molecular flexibility index (Phi) is 3.43. The summed E-state index contributed by atoms with van der Waals surface area (Å²) in [5.41, 5.74) is 4.29. The Morgan fingerprint density at radius 3 is 2.59 bits per heavy atom. The molecule has 0 spiro atoms. The van der Waals surface area contributed by atoms with Crippen molar-refractivity contribution in [3.8, 4) is 16.9 Å². The van der Waals surface area contributed by atoms with Gasteiger partial charge in [0.2, 0.25) is 0 Å². The maximum Gasteiger partial charge on any atom is 0.130 e. The Labute approximate surface area is 109 Å². The number of hydrogen-bond acceptors (Lipinski definition) is 3. The summed E-state index contributed by atoms with van der Waals surface area (Å²) in [6.07, 6.45) is 3.30. The van der Waals surface area contributed by atoms with Crippen LogP contribution < -0.4 is 4.74 Å². The highest BCUT2D eigenvalue weighted by Crippen LogP contribution is 2.36. The van der Waals surface area contributed by atoms with E-state index in [0.29, 0.717) is 0 Å². The summed E-state index contributed by atoms with van der Waals surface area (Å²) >= 11 is 3.43. The molecule has 0 aliphatic carbocycles. The summed E-state index contributed by atoms with van der Waals surface area (Å²) in [6, 6.07) is 4.11. The molecule has 0 bridgehead atoms. The third kappa shape index (κ3) is 2.17. The monoisotopic (exact) mass is 292 g/mol. The van der Waals surface area contributed by atoms with E-state index >= 15 is 0 Å². The van der Waals surface area contributed by atoms with Crippen LogP contribution >= 0.6 is 15.9 Å². The smallest absolute Gasteiger partial charge is 0.130 e. The van der Waals surface area contributed by atoms with Crippen molar-refractivity contribution in [3.63, 3.8) is 0 Å². The van der Waals surface area contributed by atoms with Crippen LogP contribution in [0.3, 0.4) is 0 Å². The quantitative estimate of drug-likeness (QED) is 0.794. The van der Waals surface area contributed by atoms with Crippen molar-refractivity contribution < 1.29 is 4.74 Å². The molecule has 0 saturated heterocycles. The molecule has 2 rings (SSSR count). The van der Waals surface area contributed by atoms with Gasteiger partial charge in [0, 0.05) is 17.3 Å². The van der Waals surface area contributed by atoms with Crippen molar-refractivity contribution in [1.82, 2.24) is 9.97 Å². The van der Waals surface area contributed by atoms with Crippen LogP contribution in [0.4, 0.5) is 0 Å². The van der Waals surface area contributed by atoms with Crippen LogP contribution in [0.5, 0.6) is 5.75 Å². The number of halogens is 1. The summed E-state index contributed by atoms with van der Waals surface area (Å²) in [5, 5.41) is 0. The predicted molar refractivity (Wildman–Crippen MR) is 71.2 cm³/mol. The number of hydrogen-bond donors (Lipinski definition) is 0. The van der Waals surface area contributed by atoms with Gasteiger partial charge in [-0.15, -0.1) is 0 Å². The zero-order valence-electron chi connectivity index (χ0n) is 9.99. The Morgan fingerprint density at radius 2 is 1.94 bits per heavy atom. The first kappa shape index (κ1) is 12.0. The Hall–Kier alpha value is -1.42. The minimum Gasteiger partial charge on any atom is -0.496 e. The molecule has 2 aromatic rings. The largest absolute Gasteiger partial charge is 0.496 e. The van der Waals surface area contributed by atoms with Gasteiger partial charge in [-0.25, -0.2) is 9.97 Å². The van der Waals surface area contributed by atoms with Gasteiger partial charge >= 0.3 is 0 Å². The van der Waals surface area contributed by atoms with Crippen molar-refractivity contribution in [2.75, 3.05) is 7.11 Å². The maximum atomic E-state index is 5.49. The molecule has 3 nitrogen and oxygen atoms in total. The van der Waals surface area contributed by atoms with E-state index in [4.69, 9.17) is 4.74 Å². The van der Waals surface area contributed by atoms with Crippen molar-refractivity contribution in [3.05, 3.63) is 40.4 Å². The molecule has 0 unspecified atom stereocenters. The number of nitrogens with zero attached hydrogens (tertiary/aromatic N) is 2. The highest BCUT2D eigenvalue weighted by atomic mass is 79.9. The van der Waals surface area contributed by atoms with Crippen LogP contribution in [0.15, 0.2) is 29.3 Å². The number of rotatable bonds is 2. The van der Waals surface area contributed by atoms with Crippen LogP contribution in [0.2, 0.25) is 0 Å². The number of methoxy groups -OCH3 is 1. The molecular formula is C13H13BrN2O. The molecule has 88 valence electrons. The van der Waals surface area contributed by atoms with Crippen molar-refractivity contribution in [1.29, 1.82) is 0 Å². The molecule has 0 fully saturated rings. The minimum absolute atomic E-state index is 0.772. The van der Waals surface area contributed by atoms with Gasteiger partial charge in [0.15, 0.2) is 0 Å². The molecule has 0 aliphatic heterocycles. The molecule has 0 radical (unpaired) electrons. The second-order valence-corrected chi connectivity index (χ2v) is 4.57. The first-order chi connectivity index (χ1) is 8.15. The zero-order valence-corrected chi connectivity index (χ0v) is 11.6. The lowest BCUT2D eigenvalue weighted by atomic mass is 10.0. The van der Waals surface area contributed by atoms with E-state index in [9.17, 15) is 0 Å². The van der Waals surface area contributed by atoms with E-state index in [1.807, 2.05) is 6.07 Å². The molecule has 1 aromatic heterocycles. The number of aromatic nitrogens is 2. The van der Waals surface area contributed by atoms with Crippen LogP contribution in [0, 0.1) is 13.8 Å². The van der Waals surface area contributed by atoms with Crippen LogP contribution in [0.25, 0.3) is 11.1 Å². The van der Waals surface area contributed by atoms with E-state index in [0.717, 1.165) is 27.0 Å². The highest BCUT2D eigenvalue weighted by molar-refractivity contribution is 9.10. The van der Waals surface area contributed by atoms with Gasteiger partial charge in [0.1, 0.15) is 16.7 Å². The van der Waals surface area contributed by atoms with E-state index in [1.165, 1.54) is 11.9 Å².